The highest BCUT2D eigenvalue weighted by Crippen LogP contribution is 2.35. The van der Waals surface area contributed by atoms with Gasteiger partial charge < -0.3 is 0 Å². The van der Waals surface area contributed by atoms with Crippen LogP contribution < -0.4 is 0 Å². The second-order valence-electron chi connectivity index (χ2n) is 27.1. The zero-order valence-electron chi connectivity index (χ0n) is 62.5. The Morgan fingerprint density at radius 3 is 0.447 bits per heavy atom. The quantitative estimate of drug-likeness (QED) is 0.0828. The lowest BCUT2D eigenvalue weighted by Crippen LogP contribution is -2.00. The van der Waals surface area contributed by atoms with Crippen molar-refractivity contribution in [3.05, 3.63) is 437 Å². The molecule has 0 radical (unpaired) electrons. The van der Waals surface area contributed by atoms with Crippen molar-refractivity contribution in [2.24, 2.45) is 0 Å². The summed E-state index contributed by atoms with van der Waals surface area (Å²) in [5.74, 6) is 5.92. The molecule has 0 aliphatic carbocycles. The number of benzene rings is 15. The first kappa shape index (κ1) is 72.7. The predicted molar refractivity (Wildman–Crippen MR) is 471 cm³/mol. The van der Waals surface area contributed by atoms with Gasteiger partial charge in [-0.05, 0) is 95.6 Å². The number of rotatable bonds is 18. The van der Waals surface area contributed by atoms with E-state index in [1.807, 2.05) is 200 Å². The Balaban J connectivity index is 0.000000129. The van der Waals surface area contributed by atoms with E-state index in [1.54, 1.807) is 0 Å². The van der Waals surface area contributed by atoms with E-state index in [4.69, 9.17) is 44.9 Å². The van der Waals surface area contributed by atoms with E-state index in [-0.39, 0.29) is 0 Å². The first-order valence-corrected chi connectivity index (χ1v) is 37.7. The lowest BCUT2D eigenvalue weighted by atomic mass is 9.98. The van der Waals surface area contributed by atoms with Gasteiger partial charge in [0.2, 0.25) is 0 Å². The Kier molecular flexibility index (Phi) is 22.2. The van der Waals surface area contributed by atoms with E-state index in [0.29, 0.717) is 52.4 Å². The summed E-state index contributed by atoms with van der Waals surface area (Å²) < 4.78 is 0. The molecule has 3 aromatic heterocycles. The molecule has 0 spiro atoms. The topological polar surface area (TPSA) is 116 Å². The van der Waals surface area contributed by atoms with Gasteiger partial charge in [-0.15, -0.1) is 0 Å². The molecule has 0 amide bonds. The van der Waals surface area contributed by atoms with Gasteiger partial charge in [0.15, 0.2) is 52.4 Å². The Bertz CT molecular complexity index is 6120. The maximum atomic E-state index is 4.87. The van der Waals surface area contributed by atoms with E-state index in [1.165, 1.54) is 33.4 Å². The molecule has 114 heavy (non-hydrogen) atoms. The van der Waals surface area contributed by atoms with E-state index in [0.717, 1.165) is 100 Å². The maximum absolute atomic E-state index is 4.87. The van der Waals surface area contributed by atoms with Crippen LogP contribution in [0.3, 0.4) is 0 Å². The molecule has 0 aliphatic heterocycles. The van der Waals surface area contributed by atoms with Gasteiger partial charge in [0, 0.05) is 50.1 Å². The van der Waals surface area contributed by atoms with Crippen LogP contribution in [0, 0.1) is 0 Å². The molecule has 18 aromatic rings. The van der Waals surface area contributed by atoms with E-state index in [9.17, 15) is 0 Å². The van der Waals surface area contributed by atoms with Gasteiger partial charge >= 0.3 is 0 Å². The normalized spacial score (nSPS) is 10.7. The third-order valence-electron chi connectivity index (χ3n) is 19.6. The van der Waals surface area contributed by atoms with Gasteiger partial charge in [-0.2, -0.15) is 0 Å². The Labute approximate surface area is 665 Å². The molecule has 540 valence electrons. The molecule has 0 unspecified atom stereocenters. The largest absolute Gasteiger partial charge is 0.208 e. The second kappa shape index (κ2) is 34.8. The minimum Gasteiger partial charge on any atom is -0.208 e. The van der Waals surface area contributed by atoms with Crippen LogP contribution in [-0.2, 0) is 0 Å². The average Bonchev–Trinajstić information content (AvgIpc) is 0.804. The summed E-state index contributed by atoms with van der Waals surface area (Å²) >= 11 is 0. The molecule has 0 aliphatic rings. The van der Waals surface area contributed by atoms with Gasteiger partial charge in [0.05, 0.1) is 0 Å². The lowest BCUT2D eigenvalue weighted by Gasteiger charge is -2.10. The summed E-state index contributed by atoms with van der Waals surface area (Å²) in [6, 6.07) is 137. The number of aromatic nitrogens is 9. The zero-order valence-corrected chi connectivity index (χ0v) is 62.5. The third-order valence-corrected chi connectivity index (χ3v) is 19.6. The van der Waals surface area contributed by atoms with Crippen LogP contribution in [0.2, 0.25) is 0 Å². The minimum atomic E-state index is 0.651. The van der Waals surface area contributed by atoms with Crippen molar-refractivity contribution in [2.75, 3.05) is 0 Å². The first-order valence-electron chi connectivity index (χ1n) is 37.7. The molecule has 0 fully saturated rings. The van der Waals surface area contributed by atoms with Gasteiger partial charge in [-0.25, -0.2) is 44.9 Å². The van der Waals surface area contributed by atoms with E-state index >= 15 is 0 Å². The van der Waals surface area contributed by atoms with Crippen LogP contribution in [0.1, 0.15) is 16.7 Å². The fourth-order valence-corrected chi connectivity index (χ4v) is 13.3. The predicted octanol–water partition coefficient (Wildman–Crippen LogP) is 26.5. The van der Waals surface area contributed by atoms with E-state index in [2.05, 4.69) is 238 Å². The van der Waals surface area contributed by atoms with Crippen LogP contribution in [-0.4, -0.2) is 44.9 Å². The van der Waals surface area contributed by atoms with Crippen molar-refractivity contribution in [3.8, 4) is 169 Å². The number of hydrogen-bond acceptors (Lipinski definition) is 9. The van der Waals surface area contributed by atoms with Crippen LogP contribution in [0.25, 0.3) is 187 Å². The molecule has 0 N–H and O–H groups in total. The summed E-state index contributed by atoms with van der Waals surface area (Å²) in [7, 11) is 0. The molecular weight excluding hydrogens is 1390 g/mol. The number of nitrogens with zero attached hydrogens (tertiary/aromatic N) is 9. The molecule has 0 bridgehead atoms. The fourth-order valence-electron chi connectivity index (χ4n) is 13.3. The molecule has 0 atom stereocenters. The fraction of sp³-hybridized carbons (Fsp3) is 0. The molecule has 9 heteroatoms. The first-order chi connectivity index (χ1) is 56.3. The van der Waals surface area contributed by atoms with Crippen LogP contribution in [0.4, 0.5) is 0 Å². The summed E-state index contributed by atoms with van der Waals surface area (Å²) in [5.41, 5.74) is 25.9. The average molecular weight is 1460 g/mol. The number of hydrogen-bond donors (Lipinski definition) is 0. The summed E-state index contributed by atoms with van der Waals surface area (Å²) in [6.07, 6.45) is 5.58. The van der Waals surface area contributed by atoms with Gasteiger partial charge in [0.1, 0.15) is 0 Å². The van der Waals surface area contributed by atoms with Gasteiger partial charge in [-0.1, -0.05) is 426 Å². The highest BCUT2D eigenvalue weighted by molar-refractivity contribution is 5.80. The van der Waals surface area contributed by atoms with Crippen molar-refractivity contribution in [2.45, 2.75) is 0 Å². The van der Waals surface area contributed by atoms with E-state index < -0.39 is 0 Å². The molecule has 0 saturated carbocycles. The van der Waals surface area contributed by atoms with Gasteiger partial charge in [-0.3, -0.25) is 0 Å². The summed E-state index contributed by atoms with van der Waals surface area (Å²) in [5, 5.41) is 0. The Morgan fingerprint density at radius 2 is 0.254 bits per heavy atom. The van der Waals surface area contributed by atoms with Gasteiger partial charge in [0.25, 0.3) is 0 Å². The Hall–Kier alpha value is -15.5. The molecule has 0 saturated heterocycles. The standard InChI is InChI=1S/3C35H25N3/c1-2-25-16-18-26(19-17-25)31-14-9-15-32(24-31)27-20-22-30(23-21-27)35-37-33(28-10-5-3-6-11-28)36-34(38-35)29-12-7-4-8-13-29;1-2-25-16-18-26(19-17-25)27-20-22-28(23-21-27)31-14-9-15-32(24-31)35-37-33(29-10-5-3-6-11-29)36-34(38-35)30-12-7-4-8-13-30;1-2-25-13-15-26(16-14-25)27-17-19-28(20-18-27)29-21-23-32(24-22-29)35-37-33(30-9-5-3-6-10-30)36-34(38-35)31-11-7-4-8-12-31/h3*2-24H,1H2. The SMILES string of the molecule is C=Cc1ccc(-c2ccc(-c3ccc(-c4nc(-c5ccccc5)nc(-c5ccccc5)n4)cc3)cc2)cc1.C=Cc1ccc(-c2ccc(-c3cccc(-c4nc(-c5ccccc5)nc(-c5ccccc5)n4)c3)cc2)cc1.C=Cc1ccc(-c2cccc(-c3ccc(-c4nc(-c5ccccc5)nc(-c5ccccc5)n4)cc3)c2)cc1. The molecule has 15 aromatic carbocycles. The summed E-state index contributed by atoms with van der Waals surface area (Å²) in [4.78, 5) is 43.5. The summed E-state index contributed by atoms with van der Waals surface area (Å²) in [6.45, 7) is 11.5. The molecule has 18 rings (SSSR count). The zero-order chi connectivity index (χ0) is 77.2. The molecular formula is C105H75N9. The van der Waals surface area contributed by atoms with Crippen molar-refractivity contribution in [3.63, 3.8) is 0 Å². The smallest absolute Gasteiger partial charge is 0.164 e. The van der Waals surface area contributed by atoms with Crippen LogP contribution in [0.5, 0.6) is 0 Å². The van der Waals surface area contributed by atoms with Crippen molar-refractivity contribution >= 4 is 18.2 Å². The monoisotopic (exact) mass is 1460 g/mol. The third kappa shape index (κ3) is 17.5. The Morgan fingerprint density at radius 1 is 0.123 bits per heavy atom. The second-order valence-corrected chi connectivity index (χ2v) is 27.1. The lowest BCUT2D eigenvalue weighted by molar-refractivity contribution is 1.07. The highest BCUT2D eigenvalue weighted by atomic mass is 15.1. The molecule has 3 heterocycles. The van der Waals surface area contributed by atoms with Crippen molar-refractivity contribution in [1.29, 1.82) is 0 Å². The highest BCUT2D eigenvalue weighted by Gasteiger charge is 2.18. The van der Waals surface area contributed by atoms with Crippen molar-refractivity contribution in [1.82, 2.24) is 44.9 Å². The maximum Gasteiger partial charge on any atom is 0.164 e. The van der Waals surface area contributed by atoms with Crippen LogP contribution in [0.15, 0.2) is 420 Å². The molecule has 9 nitrogen and oxygen atoms in total. The van der Waals surface area contributed by atoms with Crippen molar-refractivity contribution < 1.29 is 0 Å². The van der Waals surface area contributed by atoms with Crippen LogP contribution >= 0.6 is 0 Å². The minimum absolute atomic E-state index is 0.651.